The predicted molar refractivity (Wildman–Crippen MR) is 152 cm³/mol. The molecule has 198 valence electrons. The summed E-state index contributed by atoms with van der Waals surface area (Å²) < 4.78 is 7.25. The molecule has 0 bridgehead atoms. The van der Waals surface area contributed by atoms with Crippen molar-refractivity contribution in [3.05, 3.63) is 95.6 Å². The van der Waals surface area contributed by atoms with Crippen molar-refractivity contribution in [2.75, 3.05) is 12.4 Å². The molecular weight excluding hydrogens is 510 g/mol. The summed E-state index contributed by atoms with van der Waals surface area (Å²) in [6.45, 7) is 4.68. The van der Waals surface area contributed by atoms with Gasteiger partial charge in [0.25, 0.3) is 0 Å². The van der Waals surface area contributed by atoms with Gasteiger partial charge in [0.2, 0.25) is 11.1 Å². The number of nitrogens with one attached hydrogen (secondary N) is 1. The smallest absolute Gasteiger partial charge is 0.308 e. The van der Waals surface area contributed by atoms with Crippen LogP contribution >= 0.6 is 11.8 Å². The Labute approximate surface area is 230 Å². The maximum atomic E-state index is 13.0. The van der Waals surface area contributed by atoms with Crippen molar-refractivity contribution in [2.45, 2.75) is 38.0 Å². The minimum Gasteiger partial charge on any atom is -0.466 e. The van der Waals surface area contributed by atoms with Crippen LogP contribution < -0.4 is 5.32 Å². The Morgan fingerprint density at radius 1 is 0.974 bits per heavy atom. The van der Waals surface area contributed by atoms with Gasteiger partial charge in [0.1, 0.15) is 5.52 Å². The van der Waals surface area contributed by atoms with Crippen LogP contribution in [0.15, 0.2) is 84.0 Å². The fraction of sp³-hybridized carbons (Fsp3) is 0.233. The van der Waals surface area contributed by atoms with Gasteiger partial charge in [-0.25, -0.2) is 4.98 Å². The Morgan fingerprint density at radius 3 is 2.49 bits per heavy atom. The van der Waals surface area contributed by atoms with Gasteiger partial charge in [-0.3, -0.25) is 9.59 Å². The van der Waals surface area contributed by atoms with Gasteiger partial charge in [-0.2, -0.15) is 0 Å². The first-order chi connectivity index (χ1) is 19.0. The van der Waals surface area contributed by atoms with Crippen LogP contribution in [0, 0.1) is 6.92 Å². The van der Waals surface area contributed by atoms with E-state index in [0.717, 1.165) is 38.8 Å². The number of aromatic nitrogens is 4. The number of fused-ring (bicyclic) bond motifs is 3. The van der Waals surface area contributed by atoms with Crippen molar-refractivity contribution in [3.8, 4) is 0 Å². The first-order valence-corrected chi connectivity index (χ1v) is 13.8. The summed E-state index contributed by atoms with van der Waals surface area (Å²) in [6, 6.07) is 25.5. The highest BCUT2D eigenvalue weighted by Crippen LogP contribution is 2.28. The van der Waals surface area contributed by atoms with Crippen LogP contribution in [0.25, 0.3) is 22.1 Å². The Bertz CT molecular complexity index is 1600. The number of aryl methyl sites for hydroxylation is 1. The molecule has 8 nitrogen and oxygen atoms in total. The number of nitrogens with zero attached hydrogens (tertiary/aromatic N) is 4. The number of carbonyl (C=O) groups excluding carboxylic acids is 2. The second kappa shape index (κ2) is 12.1. The fourth-order valence-corrected chi connectivity index (χ4v) is 5.07. The van der Waals surface area contributed by atoms with E-state index in [1.807, 2.05) is 67.6 Å². The summed E-state index contributed by atoms with van der Waals surface area (Å²) in [4.78, 5) is 30.0. The molecule has 5 aromatic rings. The lowest BCUT2D eigenvalue weighted by molar-refractivity contribution is -0.143. The average Bonchev–Trinajstić information content (AvgIpc) is 3.25. The molecule has 9 heteroatoms. The van der Waals surface area contributed by atoms with E-state index in [1.54, 1.807) is 6.92 Å². The normalized spacial score (nSPS) is 11.9. The maximum absolute atomic E-state index is 13.0. The highest BCUT2D eigenvalue weighted by atomic mass is 32.2. The zero-order chi connectivity index (χ0) is 27.2. The Hall–Kier alpha value is -4.24. The minimum atomic E-state index is -0.493. The summed E-state index contributed by atoms with van der Waals surface area (Å²) in [5.41, 5.74) is 5.56. The maximum Gasteiger partial charge on any atom is 0.308 e. The molecule has 2 heterocycles. The molecular formula is C30H29N5O3S. The molecule has 0 aliphatic carbocycles. The number of rotatable bonds is 10. The monoisotopic (exact) mass is 539 g/mol. The third-order valence-corrected chi connectivity index (χ3v) is 7.20. The Balaban J connectivity index is 1.35. The number of hydrogen-bond donors (Lipinski definition) is 1. The van der Waals surface area contributed by atoms with Gasteiger partial charge in [-0.15, -0.1) is 10.2 Å². The van der Waals surface area contributed by atoms with Crippen LogP contribution in [-0.2, 0) is 20.9 Å². The molecule has 0 saturated carbocycles. The van der Waals surface area contributed by atoms with Gasteiger partial charge >= 0.3 is 5.97 Å². The lowest BCUT2D eigenvalue weighted by Gasteiger charge is -2.18. The van der Waals surface area contributed by atoms with E-state index in [4.69, 9.17) is 9.72 Å². The van der Waals surface area contributed by atoms with Crippen molar-refractivity contribution in [1.82, 2.24) is 25.1 Å². The molecule has 1 amide bonds. The van der Waals surface area contributed by atoms with E-state index in [2.05, 4.69) is 38.3 Å². The van der Waals surface area contributed by atoms with Crippen molar-refractivity contribution in [2.24, 2.45) is 0 Å². The van der Waals surface area contributed by atoms with Crippen LogP contribution in [0.5, 0.6) is 0 Å². The molecule has 0 spiro atoms. The number of ether oxygens (including phenoxy) is 1. The molecule has 0 aliphatic heterocycles. The molecule has 2 aromatic heterocycles. The first-order valence-electron chi connectivity index (χ1n) is 12.8. The number of thioether (sulfide) groups is 1. The van der Waals surface area contributed by atoms with Crippen molar-refractivity contribution in [3.63, 3.8) is 0 Å². The van der Waals surface area contributed by atoms with E-state index in [1.165, 1.54) is 11.8 Å². The zero-order valence-corrected chi connectivity index (χ0v) is 22.6. The molecule has 0 radical (unpaired) electrons. The predicted octanol–water partition coefficient (Wildman–Crippen LogP) is 5.24. The Kier molecular flexibility index (Phi) is 8.17. The molecule has 3 aromatic carbocycles. The topological polar surface area (TPSA) is 99.0 Å². The largest absolute Gasteiger partial charge is 0.466 e. The molecule has 1 atom stereocenters. The van der Waals surface area contributed by atoms with E-state index in [9.17, 15) is 9.59 Å². The summed E-state index contributed by atoms with van der Waals surface area (Å²) in [5, 5.41) is 13.1. The second-order valence-corrected chi connectivity index (χ2v) is 10.1. The molecule has 0 unspecified atom stereocenters. The highest BCUT2D eigenvalue weighted by molar-refractivity contribution is 7.99. The fourth-order valence-electron chi connectivity index (χ4n) is 4.48. The van der Waals surface area contributed by atoms with Gasteiger partial charge in [0, 0.05) is 11.9 Å². The van der Waals surface area contributed by atoms with Crippen LogP contribution in [0.3, 0.4) is 0 Å². The number of esters is 1. The van der Waals surface area contributed by atoms with Gasteiger partial charge in [0.05, 0.1) is 30.3 Å². The van der Waals surface area contributed by atoms with Crippen LogP contribution in [-0.4, -0.2) is 44.0 Å². The van der Waals surface area contributed by atoms with Crippen molar-refractivity contribution < 1.29 is 14.3 Å². The summed E-state index contributed by atoms with van der Waals surface area (Å²) in [7, 11) is 0. The zero-order valence-electron chi connectivity index (χ0n) is 21.8. The van der Waals surface area contributed by atoms with Gasteiger partial charge in [0.15, 0.2) is 5.65 Å². The molecule has 5 rings (SSSR count). The number of para-hydroxylation sites is 1. The first kappa shape index (κ1) is 26.4. The minimum absolute atomic E-state index is 0.0525. The van der Waals surface area contributed by atoms with E-state index in [0.29, 0.717) is 11.7 Å². The van der Waals surface area contributed by atoms with Crippen LogP contribution in [0.4, 0.5) is 0 Å². The lowest BCUT2D eigenvalue weighted by Crippen LogP contribution is -2.32. The number of amides is 1. The quantitative estimate of drug-likeness (QED) is 0.191. The molecule has 0 saturated heterocycles. The van der Waals surface area contributed by atoms with E-state index >= 15 is 0 Å². The molecule has 0 fully saturated rings. The average molecular weight is 540 g/mol. The Morgan fingerprint density at radius 2 is 1.72 bits per heavy atom. The van der Waals surface area contributed by atoms with Gasteiger partial charge in [-0.1, -0.05) is 90.1 Å². The third kappa shape index (κ3) is 6.26. The second-order valence-electron chi connectivity index (χ2n) is 9.18. The number of carbonyl (C=O) groups is 2. The van der Waals surface area contributed by atoms with E-state index < -0.39 is 6.04 Å². The lowest BCUT2D eigenvalue weighted by atomic mass is 10.0. The molecule has 0 aliphatic rings. The summed E-state index contributed by atoms with van der Waals surface area (Å²) >= 11 is 1.21. The molecule has 1 N–H and O–H groups in total. The van der Waals surface area contributed by atoms with Crippen molar-refractivity contribution >= 4 is 45.7 Å². The van der Waals surface area contributed by atoms with Gasteiger partial charge < -0.3 is 14.6 Å². The summed E-state index contributed by atoms with van der Waals surface area (Å²) in [6.07, 6.45) is 0.0525. The van der Waals surface area contributed by atoms with Crippen molar-refractivity contribution in [1.29, 1.82) is 0 Å². The van der Waals surface area contributed by atoms with Crippen LogP contribution in [0.1, 0.15) is 36.1 Å². The molecule has 39 heavy (non-hydrogen) atoms. The third-order valence-electron chi connectivity index (χ3n) is 6.36. The summed E-state index contributed by atoms with van der Waals surface area (Å²) in [5.74, 6) is -0.513. The SMILES string of the molecule is CCOC(=O)C[C@H](NC(=O)CSc1nnc2c3ccccc3n(Cc3ccccc3)c2n1)c1ccc(C)cc1. The van der Waals surface area contributed by atoms with E-state index in [-0.39, 0.29) is 30.7 Å². The standard InChI is InChI=1S/C30H29N5O3S/c1-3-38-27(37)17-24(22-15-13-20(2)14-16-22)31-26(36)19-39-30-32-29-28(33-34-30)23-11-7-8-12-25(23)35(29)18-21-9-5-4-6-10-21/h4-16,24H,3,17-19H2,1-2H3,(H,31,36)/t24-/m0/s1. The number of hydrogen-bond acceptors (Lipinski definition) is 7. The number of benzene rings is 3. The van der Waals surface area contributed by atoms with Gasteiger partial charge in [-0.05, 0) is 31.0 Å². The highest BCUT2D eigenvalue weighted by Gasteiger charge is 2.20. The van der Waals surface area contributed by atoms with Crippen LogP contribution in [0.2, 0.25) is 0 Å².